The largest absolute Gasteiger partial charge is 0.490 e. The van der Waals surface area contributed by atoms with Crippen molar-refractivity contribution in [3.63, 3.8) is 0 Å². The number of fused-ring (bicyclic) bond motifs is 1. The minimum absolute atomic E-state index is 0.0132. The van der Waals surface area contributed by atoms with Crippen molar-refractivity contribution >= 4 is 40.9 Å². The molecule has 7 N–H and O–H groups in total. The number of aromatic amines is 1. The minimum Gasteiger partial charge on any atom is -0.387 e. The van der Waals surface area contributed by atoms with Crippen molar-refractivity contribution in [2.75, 3.05) is 49.1 Å². The Morgan fingerprint density at radius 1 is 1.11 bits per heavy atom. The summed E-state index contributed by atoms with van der Waals surface area (Å²) in [6.07, 6.45) is -6.10. The van der Waals surface area contributed by atoms with Crippen molar-refractivity contribution in [3.8, 4) is 0 Å². The molecule has 2 aliphatic heterocycles. The Hall–Kier alpha value is -1.43. The lowest BCUT2D eigenvalue weighted by molar-refractivity contribution is -0.0217. The predicted molar refractivity (Wildman–Crippen MR) is 115 cm³/mol. The van der Waals surface area contributed by atoms with Crippen LogP contribution in [0.15, 0.2) is 4.79 Å². The highest BCUT2D eigenvalue weighted by Crippen LogP contribution is 2.66. The van der Waals surface area contributed by atoms with Crippen LogP contribution in [0.25, 0.3) is 0 Å². The molecule has 3 heterocycles. The Morgan fingerprint density at radius 2 is 1.74 bits per heavy atom. The van der Waals surface area contributed by atoms with Crippen LogP contribution in [0.3, 0.4) is 0 Å². The van der Waals surface area contributed by atoms with Gasteiger partial charge in [-0.05, 0) is 0 Å². The number of H-pyrrole nitrogens is 1. The van der Waals surface area contributed by atoms with E-state index in [4.69, 9.17) is 14.5 Å². The highest BCUT2D eigenvalue weighted by molar-refractivity contribution is 7.66. The molecule has 1 saturated heterocycles. The second kappa shape index (κ2) is 9.79. The Labute approximate surface area is 196 Å². The maximum absolute atomic E-state index is 12.5. The molecule has 0 aliphatic carbocycles. The molecule has 0 saturated carbocycles. The molecule has 0 bridgehead atoms. The molecule has 0 aromatic carbocycles. The van der Waals surface area contributed by atoms with E-state index in [1.165, 1.54) is 14.7 Å². The molecule has 2 unspecified atom stereocenters. The third kappa shape index (κ3) is 6.47. The maximum Gasteiger partial charge on any atom is 0.490 e. The van der Waals surface area contributed by atoms with Crippen molar-refractivity contribution in [2.45, 2.75) is 24.5 Å². The van der Waals surface area contributed by atoms with Gasteiger partial charge in [0.25, 0.3) is 5.56 Å². The van der Waals surface area contributed by atoms with Crippen LogP contribution in [-0.2, 0) is 31.6 Å². The van der Waals surface area contributed by atoms with E-state index in [1.54, 1.807) is 21.1 Å². The number of nitrogens with one attached hydrogen (secondary N) is 1. The number of nitrogens with zero attached hydrogens (tertiary/aromatic N) is 4. The van der Waals surface area contributed by atoms with Gasteiger partial charge in [0.1, 0.15) is 24.0 Å². The Balaban J connectivity index is 1.74. The second-order valence-electron chi connectivity index (χ2n) is 7.70. The fraction of sp³-hybridized carbons (Fsp3) is 0.692. The molecule has 3 rings (SSSR count). The Kier molecular flexibility index (Phi) is 7.88. The van der Waals surface area contributed by atoms with Crippen LogP contribution >= 0.6 is 23.5 Å². The normalized spacial score (nSPS) is 28.0. The van der Waals surface area contributed by atoms with Crippen LogP contribution in [0.2, 0.25) is 0 Å². The lowest BCUT2D eigenvalue weighted by Gasteiger charge is -2.27. The Morgan fingerprint density at radius 3 is 2.31 bits per heavy atom. The van der Waals surface area contributed by atoms with E-state index in [-0.39, 0.29) is 24.1 Å². The smallest absolute Gasteiger partial charge is 0.387 e. The van der Waals surface area contributed by atoms with Gasteiger partial charge in [0.05, 0.1) is 13.3 Å². The molecule has 2 aliphatic rings. The fourth-order valence-electron chi connectivity index (χ4n) is 3.36. The van der Waals surface area contributed by atoms with Crippen molar-refractivity contribution in [1.29, 1.82) is 0 Å². The van der Waals surface area contributed by atoms with Crippen molar-refractivity contribution in [3.05, 3.63) is 10.4 Å². The first kappa shape index (κ1) is 28.1. The number of aliphatic hydroxyl groups is 2. The zero-order valence-corrected chi connectivity index (χ0v) is 21.0. The van der Waals surface area contributed by atoms with Gasteiger partial charge in [0, 0.05) is 21.1 Å². The monoisotopic (exact) mass is 567 g/mol. The van der Waals surface area contributed by atoms with E-state index in [1.807, 2.05) is 0 Å². The minimum atomic E-state index is -5.73. The highest BCUT2D eigenvalue weighted by atomic mass is 31.3. The van der Waals surface area contributed by atoms with Crippen LogP contribution in [0.4, 0.5) is 17.5 Å². The average molecular weight is 567 g/mol. The van der Waals surface area contributed by atoms with E-state index in [0.29, 0.717) is 0 Å². The van der Waals surface area contributed by atoms with Crippen molar-refractivity contribution in [1.82, 2.24) is 9.97 Å². The van der Waals surface area contributed by atoms with Gasteiger partial charge in [0.15, 0.2) is 12.0 Å². The summed E-state index contributed by atoms with van der Waals surface area (Å²) in [5, 5.41) is 20.9. The van der Waals surface area contributed by atoms with E-state index in [9.17, 15) is 38.5 Å². The van der Waals surface area contributed by atoms with Crippen LogP contribution in [0.1, 0.15) is 0 Å². The number of hydrogen-bond donors (Lipinski definition) is 7. The van der Waals surface area contributed by atoms with Gasteiger partial charge in [-0.15, -0.1) is 0 Å². The number of ether oxygens (including phenoxy) is 1. The van der Waals surface area contributed by atoms with Crippen LogP contribution in [-0.4, -0.2) is 98.7 Å². The third-order valence-electron chi connectivity index (χ3n) is 4.77. The summed E-state index contributed by atoms with van der Waals surface area (Å²) in [6.45, 7) is -0.958. The lowest BCUT2D eigenvalue weighted by atomic mass is 10.1. The van der Waals surface area contributed by atoms with Crippen molar-refractivity contribution in [2.24, 2.45) is 0 Å². The van der Waals surface area contributed by atoms with Gasteiger partial charge < -0.3 is 49.2 Å². The first-order valence-electron chi connectivity index (χ1n) is 9.50. The number of phosphoric ester groups is 1. The summed E-state index contributed by atoms with van der Waals surface area (Å²) in [4.78, 5) is 59.7. The summed E-state index contributed by atoms with van der Waals surface area (Å²) in [5.74, 6) is 0.330. The summed E-state index contributed by atoms with van der Waals surface area (Å²) >= 11 is 0. The molecule has 1 aromatic heterocycles. The zero-order valence-electron chi connectivity index (χ0n) is 18.3. The molecular weight excluding hydrogens is 543 g/mol. The number of anilines is 3. The van der Waals surface area contributed by atoms with Crippen LogP contribution in [0.5, 0.6) is 0 Å². The van der Waals surface area contributed by atoms with Gasteiger partial charge in [-0.25, -0.2) is 13.7 Å². The molecule has 1 fully saturated rings. The fourth-order valence-corrected chi connectivity index (χ4v) is 6.39. The number of rotatable bonds is 9. The first-order valence-corrected chi connectivity index (χ1v) is 14.0. The number of hydrogen-bond acceptors (Lipinski definition) is 14. The molecular formula is C13H24N5O14P3. The van der Waals surface area contributed by atoms with Gasteiger partial charge in [-0.2, -0.15) is 13.6 Å². The quantitative estimate of drug-likeness (QED) is 0.157. The van der Waals surface area contributed by atoms with Gasteiger partial charge >= 0.3 is 23.5 Å². The van der Waals surface area contributed by atoms with E-state index in [0.717, 1.165) is 0 Å². The third-order valence-corrected chi connectivity index (χ3v) is 8.57. The predicted octanol–water partition coefficient (Wildman–Crippen LogP) is -2.16. The van der Waals surface area contributed by atoms with E-state index in [2.05, 4.69) is 23.1 Å². The summed E-state index contributed by atoms with van der Waals surface area (Å²) in [7, 11) is -11.9. The highest BCUT2D eigenvalue weighted by Gasteiger charge is 2.50. The Bertz CT molecular complexity index is 1160. The topological polar surface area (TPSA) is 265 Å². The standard InChI is InChI=1S/C13H24N5O14P3/c1-16(2)13-14-10-7(11(21)15-13)17(3)5-18(10)12-9(20)8(19)6(30-12)4-29-34(25,26)32-35(27,28)31-33(22,23)24/h6,8-9,12,19-20H,4-5H2,1-3H3,(H,25,26)(H,27,28)(H,14,15,21)(H2,22,23,24)/t6-,8-,9-,12-/m1/s1. The summed E-state index contributed by atoms with van der Waals surface area (Å²) in [6, 6.07) is 0. The molecule has 200 valence electrons. The van der Waals surface area contributed by atoms with Crippen LogP contribution in [0, 0.1) is 0 Å². The molecule has 0 spiro atoms. The van der Waals surface area contributed by atoms with Crippen molar-refractivity contribution < 1.29 is 61.4 Å². The summed E-state index contributed by atoms with van der Waals surface area (Å²) < 4.78 is 51.3. The maximum atomic E-state index is 12.5. The lowest BCUT2D eigenvalue weighted by Crippen LogP contribution is -2.45. The van der Waals surface area contributed by atoms with Crippen LogP contribution < -0.4 is 20.3 Å². The number of aromatic nitrogens is 2. The van der Waals surface area contributed by atoms with E-state index < -0.39 is 60.2 Å². The SMILES string of the molecule is CN(C)c1nc2c(c(=O)[nH]1)N(C)CN2[C@@H]1O[C@H](COP(=O)(O)OP(=O)(O)OP(=O)(O)O)[C@@H](O)[C@H]1O. The van der Waals surface area contributed by atoms with Gasteiger partial charge in [-0.1, -0.05) is 0 Å². The first-order chi connectivity index (χ1) is 15.9. The molecule has 22 heteroatoms. The molecule has 19 nitrogen and oxygen atoms in total. The number of aliphatic hydroxyl groups excluding tert-OH is 2. The van der Waals surface area contributed by atoms with E-state index >= 15 is 0 Å². The average Bonchev–Trinajstić information content (AvgIpc) is 3.14. The molecule has 35 heavy (non-hydrogen) atoms. The summed E-state index contributed by atoms with van der Waals surface area (Å²) in [5.41, 5.74) is -0.307. The van der Waals surface area contributed by atoms with Gasteiger partial charge in [0.2, 0.25) is 5.95 Å². The van der Waals surface area contributed by atoms with Gasteiger partial charge in [-0.3, -0.25) is 14.3 Å². The second-order valence-corrected chi connectivity index (χ2v) is 12.1. The molecule has 0 radical (unpaired) electrons. The molecule has 6 atom stereocenters. The zero-order chi connectivity index (χ0) is 26.5. The molecule has 1 aromatic rings. The molecule has 0 amide bonds. The number of phosphoric acid groups is 3.